The summed E-state index contributed by atoms with van der Waals surface area (Å²) in [7, 11) is -3.65. The Balaban J connectivity index is 2.69. The molecule has 19 heavy (non-hydrogen) atoms. The predicted molar refractivity (Wildman–Crippen MR) is 73.7 cm³/mol. The Hall–Kier alpha value is -1.27. The van der Waals surface area contributed by atoms with Crippen LogP contribution >= 0.6 is 11.6 Å². The van der Waals surface area contributed by atoms with Gasteiger partial charge in [0, 0.05) is 5.02 Å². The van der Waals surface area contributed by atoms with E-state index in [0.29, 0.717) is 10.8 Å². The van der Waals surface area contributed by atoms with Gasteiger partial charge in [-0.25, -0.2) is 13.1 Å². The number of amides is 1. The molecule has 0 saturated heterocycles. The Labute approximate surface area is 118 Å². The van der Waals surface area contributed by atoms with E-state index in [0.717, 1.165) is 0 Å². The van der Waals surface area contributed by atoms with Crippen LogP contribution in [-0.4, -0.2) is 25.7 Å². The van der Waals surface area contributed by atoms with Crippen LogP contribution in [0, 0.1) is 0 Å². The lowest BCUT2D eigenvalue weighted by Gasteiger charge is -2.16. The lowest BCUT2D eigenvalue weighted by atomic mass is 10.3. The average molecular weight is 306 g/mol. The van der Waals surface area contributed by atoms with Crippen LogP contribution in [0.4, 0.5) is 0 Å². The molecule has 1 aromatic carbocycles. The largest absolute Gasteiger partial charge is 0.481 e. The van der Waals surface area contributed by atoms with Crippen molar-refractivity contribution >= 4 is 27.5 Å². The number of benzene rings is 1. The Morgan fingerprint density at radius 3 is 2.47 bits per heavy atom. The summed E-state index contributed by atoms with van der Waals surface area (Å²) < 4.78 is 30.4. The number of carbonyl (C=O) groups excluding carboxylic acids is 1. The van der Waals surface area contributed by atoms with E-state index in [-0.39, 0.29) is 0 Å². The molecule has 0 saturated carbocycles. The van der Waals surface area contributed by atoms with Crippen molar-refractivity contribution < 1.29 is 17.9 Å². The van der Waals surface area contributed by atoms with Crippen molar-refractivity contribution in [2.45, 2.75) is 32.1 Å². The SMILES string of the molecule is CC(C)S(=O)(=O)NC(=O)[C@H](C)Oc1cccc(Cl)c1. The summed E-state index contributed by atoms with van der Waals surface area (Å²) in [5.41, 5.74) is 0. The van der Waals surface area contributed by atoms with E-state index in [1.54, 1.807) is 24.3 Å². The first-order valence-corrected chi connectivity index (χ1v) is 7.62. The van der Waals surface area contributed by atoms with E-state index in [9.17, 15) is 13.2 Å². The molecule has 1 amide bonds. The molecule has 0 unspecified atom stereocenters. The summed E-state index contributed by atoms with van der Waals surface area (Å²) >= 11 is 5.78. The van der Waals surface area contributed by atoms with Crippen molar-refractivity contribution in [3.05, 3.63) is 29.3 Å². The van der Waals surface area contributed by atoms with Crippen LogP contribution in [0.1, 0.15) is 20.8 Å². The van der Waals surface area contributed by atoms with Crippen LogP contribution in [0.3, 0.4) is 0 Å². The number of halogens is 1. The predicted octanol–water partition coefficient (Wildman–Crippen LogP) is 1.96. The number of rotatable bonds is 5. The fraction of sp³-hybridized carbons (Fsp3) is 0.417. The fourth-order valence-corrected chi connectivity index (χ4v) is 2.00. The number of hydrogen-bond acceptors (Lipinski definition) is 4. The van der Waals surface area contributed by atoms with Crippen LogP contribution in [0.15, 0.2) is 24.3 Å². The third-order valence-corrected chi connectivity index (χ3v) is 4.30. The highest BCUT2D eigenvalue weighted by atomic mass is 35.5. The van der Waals surface area contributed by atoms with Gasteiger partial charge < -0.3 is 4.74 Å². The zero-order chi connectivity index (χ0) is 14.6. The maximum atomic E-state index is 11.7. The first-order chi connectivity index (χ1) is 8.72. The summed E-state index contributed by atoms with van der Waals surface area (Å²) in [6, 6.07) is 6.52. The molecule has 5 nitrogen and oxygen atoms in total. The minimum atomic E-state index is -3.65. The minimum absolute atomic E-state index is 0.400. The molecule has 0 radical (unpaired) electrons. The maximum absolute atomic E-state index is 11.7. The van der Waals surface area contributed by atoms with Gasteiger partial charge in [-0.3, -0.25) is 4.79 Å². The van der Waals surface area contributed by atoms with Gasteiger partial charge in [0.25, 0.3) is 5.91 Å². The molecule has 1 N–H and O–H groups in total. The Morgan fingerprint density at radius 1 is 1.32 bits per heavy atom. The second-order valence-electron chi connectivity index (χ2n) is 4.28. The number of sulfonamides is 1. The fourth-order valence-electron chi connectivity index (χ4n) is 1.14. The van der Waals surface area contributed by atoms with E-state index in [1.807, 2.05) is 4.72 Å². The van der Waals surface area contributed by atoms with Gasteiger partial charge in [-0.1, -0.05) is 17.7 Å². The first-order valence-electron chi connectivity index (χ1n) is 5.70. The van der Waals surface area contributed by atoms with Crippen LogP contribution in [0.25, 0.3) is 0 Å². The molecule has 0 aliphatic heterocycles. The van der Waals surface area contributed by atoms with Crippen molar-refractivity contribution in [1.29, 1.82) is 0 Å². The summed E-state index contributed by atoms with van der Waals surface area (Å²) in [6.45, 7) is 4.43. The monoisotopic (exact) mass is 305 g/mol. The van der Waals surface area contributed by atoms with Crippen molar-refractivity contribution in [3.63, 3.8) is 0 Å². The van der Waals surface area contributed by atoms with Gasteiger partial charge in [0.15, 0.2) is 6.10 Å². The van der Waals surface area contributed by atoms with Gasteiger partial charge in [0.1, 0.15) is 5.75 Å². The number of nitrogens with one attached hydrogen (secondary N) is 1. The average Bonchev–Trinajstić information content (AvgIpc) is 2.28. The van der Waals surface area contributed by atoms with Crippen molar-refractivity contribution in [2.75, 3.05) is 0 Å². The third kappa shape index (κ3) is 4.72. The molecule has 0 aromatic heterocycles. The molecular formula is C12H16ClNO4S. The molecule has 106 valence electrons. The van der Waals surface area contributed by atoms with Crippen LogP contribution < -0.4 is 9.46 Å². The first kappa shape index (κ1) is 15.8. The molecule has 0 spiro atoms. The smallest absolute Gasteiger partial charge is 0.274 e. The summed E-state index contributed by atoms with van der Waals surface area (Å²) in [6.07, 6.45) is -0.938. The summed E-state index contributed by atoms with van der Waals surface area (Å²) in [5, 5.41) is -0.213. The molecule has 0 heterocycles. The highest BCUT2D eigenvalue weighted by Gasteiger charge is 2.23. The van der Waals surface area contributed by atoms with Crippen molar-refractivity contribution in [3.8, 4) is 5.75 Å². The van der Waals surface area contributed by atoms with Crippen molar-refractivity contribution in [2.24, 2.45) is 0 Å². The minimum Gasteiger partial charge on any atom is -0.481 e. The van der Waals surface area contributed by atoms with Crippen LogP contribution in [-0.2, 0) is 14.8 Å². The Bertz CT molecular complexity index is 557. The molecule has 1 rings (SSSR count). The Morgan fingerprint density at radius 2 is 1.95 bits per heavy atom. The van der Waals surface area contributed by atoms with Gasteiger partial charge in [0.05, 0.1) is 5.25 Å². The lowest BCUT2D eigenvalue weighted by molar-refractivity contribution is -0.125. The maximum Gasteiger partial charge on any atom is 0.274 e. The Kier molecular flexibility index (Phi) is 5.20. The van der Waals surface area contributed by atoms with Gasteiger partial charge >= 0.3 is 0 Å². The molecule has 0 fully saturated rings. The zero-order valence-electron chi connectivity index (χ0n) is 10.9. The van der Waals surface area contributed by atoms with E-state index >= 15 is 0 Å². The van der Waals surface area contributed by atoms with E-state index in [1.165, 1.54) is 20.8 Å². The molecule has 0 aliphatic rings. The standard InChI is InChI=1S/C12H16ClNO4S/c1-8(2)19(16,17)14-12(15)9(3)18-11-6-4-5-10(13)7-11/h4-9H,1-3H3,(H,14,15)/t9-/m0/s1. The summed E-state index contributed by atoms with van der Waals surface area (Å²) in [5.74, 6) is -0.314. The topological polar surface area (TPSA) is 72.5 Å². The van der Waals surface area contributed by atoms with Gasteiger partial charge in [-0.2, -0.15) is 0 Å². The van der Waals surface area contributed by atoms with Gasteiger partial charge in [0.2, 0.25) is 10.0 Å². The van der Waals surface area contributed by atoms with E-state index in [2.05, 4.69) is 0 Å². The zero-order valence-corrected chi connectivity index (χ0v) is 12.5. The second kappa shape index (κ2) is 6.25. The summed E-state index contributed by atoms with van der Waals surface area (Å²) in [4.78, 5) is 11.7. The quantitative estimate of drug-likeness (QED) is 0.902. The molecule has 0 bridgehead atoms. The van der Waals surface area contributed by atoms with Crippen molar-refractivity contribution in [1.82, 2.24) is 4.72 Å². The number of ether oxygens (including phenoxy) is 1. The van der Waals surface area contributed by atoms with E-state index < -0.39 is 27.3 Å². The molecule has 0 aliphatic carbocycles. The van der Waals surface area contributed by atoms with Gasteiger partial charge in [-0.05, 0) is 39.0 Å². The molecular weight excluding hydrogens is 290 g/mol. The third-order valence-electron chi connectivity index (χ3n) is 2.34. The van der Waals surface area contributed by atoms with E-state index in [4.69, 9.17) is 16.3 Å². The molecule has 1 aromatic rings. The normalized spacial score (nSPS) is 13.1. The number of carbonyl (C=O) groups is 1. The van der Waals surface area contributed by atoms with Gasteiger partial charge in [-0.15, -0.1) is 0 Å². The highest BCUT2D eigenvalue weighted by Crippen LogP contribution is 2.18. The lowest BCUT2D eigenvalue weighted by Crippen LogP contribution is -2.42. The highest BCUT2D eigenvalue weighted by molar-refractivity contribution is 7.90. The van der Waals surface area contributed by atoms with Crippen LogP contribution in [0.5, 0.6) is 5.75 Å². The number of hydrogen-bond donors (Lipinski definition) is 1. The molecule has 1 atom stereocenters. The second-order valence-corrected chi connectivity index (χ2v) is 6.95. The molecule has 7 heteroatoms. The van der Waals surface area contributed by atoms with Crippen LogP contribution in [0.2, 0.25) is 5.02 Å².